The molecule has 1 atom stereocenters. The molecule has 106 valence electrons. The summed E-state index contributed by atoms with van der Waals surface area (Å²) in [6, 6.07) is 5.25. The van der Waals surface area contributed by atoms with Crippen LogP contribution in [0.4, 0.5) is 0 Å². The highest BCUT2D eigenvalue weighted by Gasteiger charge is 2.18. The molecular weight excluding hydrogens is 299 g/mol. The molecule has 1 aromatic heterocycles. The maximum absolute atomic E-state index is 11.2. The van der Waals surface area contributed by atoms with E-state index in [0.29, 0.717) is 15.9 Å². The predicted molar refractivity (Wildman–Crippen MR) is 78.5 cm³/mol. The van der Waals surface area contributed by atoms with Crippen molar-refractivity contribution in [3.8, 4) is 5.88 Å². The number of nitrogens with zero attached hydrogens (tertiary/aromatic N) is 2. The Kier molecular flexibility index (Phi) is 4.35. The minimum Gasteiger partial charge on any atom is -0.408 e. The Morgan fingerprint density at radius 1 is 1.35 bits per heavy atom. The van der Waals surface area contributed by atoms with Crippen molar-refractivity contribution in [1.82, 2.24) is 9.78 Å². The van der Waals surface area contributed by atoms with Crippen LogP contribution in [0, 0.1) is 6.92 Å². The number of carbonyl (C=O) groups excluding carboxylic acids is 1. The van der Waals surface area contributed by atoms with Gasteiger partial charge in [0.1, 0.15) is 0 Å². The normalized spacial score (nSPS) is 12.2. The molecule has 0 fully saturated rings. The molecule has 0 saturated carbocycles. The number of carbonyl (C=O) groups is 1. The van der Waals surface area contributed by atoms with Gasteiger partial charge in [0.15, 0.2) is 0 Å². The summed E-state index contributed by atoms with van der Waals surface area (Å²) in [6.07, 6.45) is 1.66. The van der Waals surface area contributed by atoms with Crippen molar-refractivity contribution in [1.29, 1.82) is 0 Å². The Bertz CT molecular complexity index is 653. The lowest BCUT2D eigenvalue weighted by Crippen LogP contribution is -2.13. The van der Waals surface area contributed by atoms with Gasteiger partial charge in [-0.3, -0.25) is 4.79 Å². The van der Waals surface area contributed by atoms with E-state index >= 15 is 0 Å². The van der Waals surface area contributed by atoms with E-state index in [9.17, 15) is 4.79 Å². The van der Waals surface area contributed by atoms with E-state index in [2.05, 4.69) is 5.10 Å². The van der Waals surface area contributed by atoms with E-state index in [1.54, 1.807) is 23.0 Å². The average molecular weight is 313 g/mol. The van der Waals surface area contributed by atoms with Crippen LogP contribution in [0.3, 0.4) is 0 Å². The van der Waals surface area contributed by atoms with E-state index in [1.807, 2.05) is 19.9 Å². The van der Waals surface area contributed by atoms with E-state index < -0.39 is 0 Å². The van der Waals surface area contributed by atoms with Crippen LogP contribution in [0.25, 0.3) is 0 Å². The molecule has 6 heteroatoms. The molecule has 2 aromatic rings. The summed E-state index contributed by atoms with van der Waals surface area (Å²) in [7, 11) is 0. The molecule has 0 aliphatic heterocycles. The van der Waals surface area contributed by atoms with Crippen LogP contribution in [-0.2, 0) is 4.79 Å². The Balaban J connectivity index is 2.40. The van der Waals surface area contributed by atoms with Crippen molar-refractivity contribution in [3.63, 3.8) is 0 Å². The molecule has 0 amide bonds. The zero-order valence-electron chi connectivity index (χ0n) is 11.4. The number of ether oxygens (including phenoxy) is 1. The summed E-state index contributed by atoms with van der Waals surface area (Å²) in [5.41, 5.74) is 1.73. The highest BCUT2D eigenvalue weighted by Crippen LogP contribution is 2.30. The average Bonchev–Trinajstić information content (AvgIpc) is 2.73. The largest absolute Gasteiger partial charge is 0.408 e. The monoisotopic (exact) mass is 312 g/mol. The van der Waals surface area contributed by atoms with Gasteiger partial charge in [0.05, 0.1) is 22.3 Å². The zero-order chi connectivity index (χ0) is 14.9. The number of aromatic nitrogens is 2. The third-order valence-corrected chi connectivity index (χ3v) is 3.69. The number of aryl methyl sites for hydroxylation is 1. The first-order valence-electron chi connectivity index (χ1n) is 6.07. The maximum atomic E-state index is 11.2. The topological polar surface area (TPSA) is 44.1 Å². The minimum absolute atomic E-state index is 0.132. The highest BCUT2D eigenvalue weighted by molar-refractivity contribution is 6.42. The third-order valence-electron chi connectivity index (χ3n) is 2.95. The molecule has 0 N–H and O–H groups in total. The molecule has 20 heavy (non-hydrogen) atoms. The van der Waals surface area contributed by atoms with Crippen LogP contribution in [-0.4, -0.2) is 15.7 Å². The van der Waals surface area contributed by atoms with Crippen LogP contribution < -0.4 is 4.74 Å². The first-order chi connectivity index (χ1) is 9.40. The lowest BCUT2D eigenvalue weighted by Gasteiger charge is -2.16. The molecule has 0 radical (unpaired) electrons. The molecule has 1 aromatic carbocycles. The lowest BCUT2D eigenvalue weighted by molar-refractivity contribution is -0.132. The first kappa shape index (κ1) is 14.9. The molecular formula is C14H14Cl2N2O2. The van der Waals surface area contributed by atoms with Gasteiger partial charge in [0.25, 0.3) is 0 Å². The summed E-state index contributed by atoms with van der Waals surface area (Å²) < 4.78 is 6.86. The van der Waals surface area contributed by atoms with Gasteiger partial charge in [0, 0.05) is 12.5 Å². The molecule has 0 spiro atoms. The van der Waals surface area contributed by atoms with Crippen molar-refractivity contribution in [2.45, 2.75) is 26.8 Å². The van der Waals surface area contributed by atoms with Gasteiger partial charge in [-0.2, -0.15) is 5.10 Å². The lowest BCUT2D eigenvalue weighted by atomic mass is 10.1. The van der Waals surface area contributed by atoms with Crippen LogP contribution >= 0.6 is 23.2 Å². The van der Waals surface area contributed by atoms with Crippen LogP contribution in [0.15, 0.2) is 24.4 Å². The summed E-state index contributed by atoms with van der Waals surface area (Å²) >= 11 is 11.9. The van der Waals surface area contributed by atoms with Gasteiger partial charge in [-0.15, -0.1) is 0 Å². The number of rotatable bonds is 3. The van der Waals surface area contributed by atoms with E-state index in [-0.39, 0.29) is 12.0 Å². The Labute approximate surface area is 127 Å². The number of hydrogen-bond acceptors (Lipinski definition) is 3. The quantitative estimate of drug-likeness (QED) is 0.804. The van der Waals surface area contributed by atoms with Crippen LogP contribution in [0.5, 0.6) is 5.88 Å². The predicted octanol–water partition coefficient (Wildman–Crippen LogP) is 4.03. The van der Waals surface area contributed by atoms with Gasteiger partial charge in [-0.05, 0) is 31.5 Å². The van der Waals surface area contributed by atoms with Gasteiger partial charge in [-0.1, -0.05) is 29.3 Å². The SMILES string of the molecule is CC(=O)Oc1c(C)cnn1C(C)c1ccc(Cl)c(Cl)c1. The zero-order valence-corrected chi connectivity index (χ0v) is 12.9. The maximum Gasteiger partial charge on any atom is 0.309 e. The number of benzene rings is 1. The second kappa shape index (κ2) is 5.85. The van der Waals surface area contributed by atoms with Crippen molar-refractivity contribution in [2.24, 2.45) is 0 Å². The summed E-state index contributed by atoms with van der Waals surface area (Å²) in [6.45, 7) is 5.14. The second-order valence-electron chi connectivity index (χ2n) is 4.52. The van der Waals surface area contributed by atoms with Crippen molar-refractivity contribution in [3.05, 3.63) is 45.6 Å². The van der Waals surface area contributed by atoms with Crippen molar-refractivity contribution >= 4 is 29.2 Å². The van der Waals surface area contributed by atoms with E-state index in [1.165, 1.54) is 6.92 Å². The van der Waals surface area contributed by atoms with Gasteiger partial charge in [-0.25, -0.2) is 4.68 Å². The molecule has 4 nitrogen and oxygen atoms in total. The van der Waals surface area contributed by atoms with Gasteiger partial charge < -0.3 is 4.74 Å². The van der Waals surface area contributed by atoms with Gasteiger partial charge in [0.2, 0.25) is 5.88 Å². The summed E-state index contributed by atoms with van der Waals surface area (Å²) in [5, 5.41) is 5.24. The van der Waals surface area contributed by atoms with E-state index in [4.69, 9.17) is 27.9 Å². The van der Waals surface area contributed by atoms with Crippen LogP contribution in [0.2, 0.25) is 10.0 Å². The number of hydrogen-bond donors (Lipinski definition) is 0. The summed E-state index contributed by atoms with van der Waals surface area (Å²) in [4.78, 5) is 11.2. The smallest absolute Gasteiger partial charge is 0.309 e. The minimum atomic E-state index is -0.379. The molecule has 0 aliphatic rings. The molecule has 0 bridgehead atoms. The number of halogens is 2. The Morgan fingerprint density at radius 2 is 2.05 bits per heavy atom. The van der Waals surface area contributed by atoms with E-state index in [0.717, 1.165) is 11.1 Å². The molecule has 1 unspecified atom stereocenters. The van der Waals surface area contributed by atoms with Crippen molar-refractivity contribution < 1.29 is 9.53 Å². The molecule has 0 saturated heterocycles. The fourth-order valence-electron chi connectivity index (χ4n) is 1.89. The third kappa shape index (κ3) is 2.97. The standard InChI is InChI=1S/C14H14Cl2N2O2/c1-8-7-17-18(14(8)20-10(3)19)9(2)11-4-5-12(15)13(16)6-11/h4-7,9H,1-3H3. The summed E-state index contributed by atoms with van der Waals surface area (Å²) in [5.74, 6) is 0.0623. The fraction of sp³-hybridized carbons (Fsp3) is 0.286. The fourth-order valence-corrected chi connectivity index (χ4v) is 2.20. The second-order valence-corrected chi connectivity index (χ2v) is 5.33. The first-order valence-corrected chi connectivity index (χ1v) is 6.83. The van der Waals surface area contributed by atoms with Gasteiger partial charge >= 0.3 is 5.97 Å². The van der Waals surface area contributed by atoms with Crippen LogP contribution in [0.1, 0.15) is 31.0 Å². The Hall–Kier alpha value is -1.52. The molecule has 2 rings (SSSR count). The van der Waals surface area contributed by atoms with Crippen molar-refractivity contribution in [2.75, 3.05) is 0 Å². The molecule has 0 aliphatic carbocycles. The Morgan fingerprint density at radius 3 is 2.65 bits per heavy atom. The number of esters is 1. The highest BCUT2D eigenvalue weighted by atomic mass is 35.5. The molecule has 1 heterocycles.